The van der Waals surface area contributed by atoms with Crippen LogP contribution < -0.4 is 15.4 Å². The zero-order valence-electron chi connectivity index (χ0n) is 14.2. The fraction of sp³-hybridized carbons (Fsp3) is 0.588. The van der Waals surface area contributed by atoms with Crippen molar-refractivity contribution in [2.45, 2.75) is 33.3 Å². The van der Waals surface area contributed by atoms with Crippen LogP contribution in [0.3, 0.4) is 0 Å². The molecule has 0 fully saturated rings. The van der Waals surface area contributed by atoms with Crippen molar-refractivity contribution in [2.75, 3.05) is 33.4 Å². The Bertz CT molecular complexity index is 449. The summed E-state index contributed by atoms with van der Waals surface area (Å²) in [4.78, 5) is 4.56. The molecule has 1 atom stereocenters. The quantitative estimate of drug-likeness (QED) is 0.418. The van der Waals surface area contributed by atoms with Crippen molar-refractivity contribution in [3.05, 3.63) is 29.8 Å². The van der Waals surface area contributed by atoms with E-state index in [0.717, 1.165) is 37.8 Å². The highest BCUT2D eigenvalue weighted by Crippen LogP contribution is 2.14. The van der Waals surface area contributed by atoms with Crippen molar-refractivity contribution in [3.63, 3.8) is 0 Å². The molecule has 22 heavy (non-hydrogen) atoms. The molecule has 0 aliphatic rings. The Morgan fingerprint density at radius 3 is 2.82 bits per heavy atom. The van der Waals surface area contributed by atoms with Gasteiger partial charge in [0.1, 0.15) is 11.9 Å². The molecule has 5 heteroatoms. The summed E-state index contributed by atoms with van der Waals surface area (Å²) >= 11 is 0. The van der Waals surface area contributed by atoms with Gasteiger partial charge in [-0.3, -0.25) is 0 Å². The molecule has 1 rings (SSSR count). The molecule has 0 aliphatic carbocycles. The first-order valence-corrected chi connectivity index (χ1v) is 7.90. The smallest absolute Gasteiger partial charge is 0.191 e. The maximum atomic E-state index is 5.88. The maximum Gasteiger partial charge on any atom is 0.191 e. The molecule has 0 radical (unpaired) electrons. The number of nitrogens with one attached hydrogen (secondary N) is 2. The summed E-state index contributed by atoms with van der Waals surface area (Å²) < 4.78 is 10.9. The minimum atomic E-state index is 0.0243. The van der Waals surface area contributed by atoms with Crippen molar-refractivity contribution in [3.8, 4) is 5.75 Å². The number of methoxy groups -OCH3 is 1. The third-order valence-corrected chi connectivity index (χ3v) is 3.00. The first kappa shape index (κ1) is 18.3. The highest BCUT2D eigenvalue weighted by Gasteiger charge is 2.04. The van der Waals surface area contributed by atoms with E-state index in [1.54, 1.807) is 7.11 Å². The van der Waals surface area contributed by atoms with Crippen LogP contribution in [-0.4, -0.2) is 45.4 Å². The summed E-state index contributed by atoms with van der Waals surface area (Å²) in [6, 6.07) is 8.07. The highest BCUT2D eigenvalue weighted by atomic mass is 16.5. The van der Waals surface area contributed by atoms with Gasteiger partial charge in [-0.05, 0) is 44.9 Å². The van der Waals surface area contributed by atoms with Crippen LogP contribution in [-0.2, 0) is 4.74 Å². The van der Waals surface area contributed by atoms with Crippen molar-refractivity contribution in [1.29, 1.82) is 0 Å². The van der Waals surface area contributed by atoms with Crippen molar-refractivity contribution in [1.82, 2.24) is 10.6 Å². The summed E-state index contributed by atoms with van der Waals surface area (Å²) in [7, 11) is 1.71. The molecule has 0 bridgehead atoms. The van der Waals surface area contributed by atoms with E-state index in [-0.39, 0.29) is 6.10 Å². The second-order valence-corrected chi connectivity index (χ2v) is 5.24. The molecule has 0 saturated carbocycles. The third-order valence-electron chi connectivity index (χ3n) is 3.00. The molecule has 0 amide bonds. The normalized spacial score (nSPS) is 12.8. The van der Waals surface area contributed by atoms with Crippen LogP contribution in [0.1, 0.15) is 25.8 Å². The molecule has 2 N–H and O–H groups in total. The zero-order chi connectivity index (χ0) is 16.2. The average molecular weight is 307 g/mol. The van der Waals surface area contributed by atoms with E-state index in [9.17, 15) is 0 Å². The third kappa shape index (κ3) is 7.88. The van der Waals surface area contributed by atoms with Gasteiger partial charge in [0.2, 0.25) is 0 Å². The molecule has 1 aromatic carbocycles. The number of hydrogen-bond acceptors (Lipinski definition) is 3. The Labute approximate surface area is 134 Å². The van der Waals surface area contributed by atoms with Gasteiger partial charge in [-0.2, -0.15) is 0 Å². The van der Waals surface area contributed by atoms with Crippen molar-refractivity contribution < 1.29 is 9.47 Å². The monoisotopic (exact) mass is 307 g/mol. The lowest BCUT2D eigenvalue weighted by atomic mass is 10.2. The zero-order valence-corrected chi connectivity index (χ0v) is 14.2. The predicted octanol–water partition coefficient (Wildman–Crippen LogP) is 2.35. The van der Waals surface area contributed by atoms with Gasteiger partial charge in [-0.1, -0.05) is 12.1 Å². The van der Waals surface area contributed by atoms with Gasteiger partial charge in [0.15, 0.2) is 5.96 Å². The number of ether oxygens (including phenoxy) is 2. The van der Waals surface area contributed by atoms with Gasteiger partial charge in [0.05, 0.1) is 6.54 Å². The van der Waals surface area contributed by atoms with Crippen LogP contribution in [0.25, 0.3) is 0 Å². The van der Waals surface area contributed by atoms with Gasteiger partial charge in [0.25, 0.3) is 0 Å². The van der Waals surface area contributed by atoms with Crippen LogP contribution in [0.5, 0.6) is 5.75 Å². The Balaban J connectivity index is 2.43. The molecule has 0 spiro atoms. The molecule has 1 aromatic rings. The van der Waals surface area contributed by atoms with Gasteiger partial charge in [0, 0.05) is 26.8 Å². The molecule has 0 aliphatic heterocycles. The van der Waals surface area contributed by atoms with Crippen LogP contribution in [0, 0.1) is 6.92 Å². The Morgan fingerprint density at radius 1 is 1.32 bits per heavy atom. The van der Waals surface area contributed by atoms with Crippen LogP contribution >= 0.6 is 0 Å². The molecule has 5 nitrogen and oxygen atoms in total. The van der Waals surface area contributed by atoms with Gasteiger partial charge in [-0.25, -0.2) is 4.99 Å². The van der Waals surface area contributed by atoms with E-state index in [4.69, 9.17) is 9.47 Å². The first-order chi connectivity index (χ1) is 10.7. The van der Waals surface area contributed by atoms with Gasteiger partial charge < -0.3 is 20.1 Å². The number of aryl methyl sites for hydroxylation is 1. The molecular weight excluding hydrogens is 278 g/mol. The number of aliphatic imine (C=N–C) groups is 1. The summed E-state index contributed by atoms with van der Waals surface area (Å²) in [5.74, 6) is 1.71. The summed E-state index contributed by atoms with van der Waals surface area (Å²) in [5.41, 5.74) is 1.20. The Hall–Kier alpha value is -1.75. The van der Waals surface area contributed by atoms with E-state index in [1.165, 1.54) is 5.56 Å². The SMILES string of the molecule is CCNC(=NCC(C)Oc1cccc(C)c1)NCCCOC. The molecule has 0 aromatic heterocycles. The minimum absolute atomic E-state index is 0.0243. The largest absolute Gasteiger partial charge is 0.489 e. The number of benzene rings is 1. The lowest BCUT2D eigenvalue weighted by Crippen LogP contribution is -2.38. The number of nitrogens with zero attached hydrogens (tertiary/aromatic N) is 1. The topological polar surface area (TPSA) is 54.9 Å². The second kappa shape index (κ2) is 10.9. The van der Waals surface area contributed by atoms with Gasteiger partial charge in [-0.15, -0.1) is 0 Å². The lowest BCUT2D eigenvalue weighted by Gasteiger charge is -2.15. The van der Waals surface area contributed by atoms with Crippen LogP contribution in [0.4, 0.5) is 0 Å². The van der Waals surface area contributed by atoms with E-state index in [1.807, 2.05) is 25.1 Å². The molecule has 0 heterocycles. The van der Waals surface area contributed by atoms with Gasteiger partial charge >= 0.3 is 0 Å². The minimum Gasteiger partial charge on any atom is -0.489 e. The number of rotatable bonds is 9. The maximum absolute atomic E-state index is 5.88. The number of hydrogen-bond donors (Lipinski definition) is 2. The molecule has 1 unspecified atom stereocenters. The molecular formula is C17H29N3O2. The predicted molar refractivity (Wildman–Crippen MR) is 91.7 cm³/mol. The van der Waals surface area contributed by atoms with Crippen molar-refractivity contribution >= 4 is 5.96 Å². The van der Waals surface area contributed by atoms with Crippen LogP contribution in [0.2, 0.25) is 0 Å². The second-order valence-electron chi connectivity index (χ2n) is 5.24. The van der Waals surface area contributed by atoms with Crippen molar-refractivity contribution in [2.24, 2.45) is 4.99 Å². The van der Waals surface area contributed by atoms with Crippen LogP contribution in [0.15, 0.2) is 29.3 Å². The Morgan fingerprint density at radius 2 is 2.14 bits per heavy atom. The summed E-state index contributed by atoms with van der Waals surface area (Å²) in [5, 5.41) is 6.52. The summed E-state index contributed by atoms with van der Waals surface area (Å²) in [6.07, 6.45) is 0.979. The van der Waals surface area contributed by atoms with E-state index >= 15 is 0 Å². The average Bonchev–Trinajstić information content (AvgIpc) is 2.49. The molecule has 0 saturated heterocycles. The Kier molecular flexibility index (Phi) is 9.07. The van der Waals surface area contributed by atoms with E-state index in [2.05, 4.69) is 35.5 Å². The van der Waals surface area contributed by atoms with E-state index < -0.39 is 0 Å². The fourth-order valence-electron chi connectivity index (χ4n) is 1.94. The number of guanidine groups is 1. The first-order valence-electron chi connectivity index (χ1n) is 7.90. The standard InChI is InChI=1S/C17H29N3O2/c1-5-18-17(19-10-7-11-21-4)20-13-15(3)22-16-9-6-8-14(2)12-16/h6,8-9,12,15H,5,7,10-11,13H2,1-4H3,(H2,18,19,20). The molecule has 124 valence electrons. The fourth-order valence-corrected chi connectivity index (χ4v) is 1.94. The van der Waals surface area contributed by atoms with E-state index in [0.29, 0.717) is 6.54 Å². The lowest BCUT2D eigenvalue weighted by molar-refractivity contribution is 0.195. The summed E-state index contributed by atoms with van der Waals surface area (Å²) in [6.45, 7) is 9.17. The highest BCUT2D eigenvalue weighted by molar-refractivity contribution is 5.79.